The van der Waals surface area contributed by atoms with Crippen LogP contribution in [-0.2, 0) is 6.54 Å². The molecule has 0 atom stereocenters. The molecule has 1 fully saturated rings. The van der Waals surface area contributed by atoms with Gasteiger partial charge in [-0.05, 0) is 54.2 Å². The summed E-state index contributed by atoms with van der Waals surface area (Å²) in [5.41, 5.74) is 3.27. The van der Waals surface area contributed by atoms with E-state index < -0.39 is 0 Å². The fraction of sp³-hybridized carbons (Fsp3) is 0.217. The van der Waals surface area contributed by atoms with Gasteiger partial charge in [0.2, 0.25) is 0 Å². The number of aromatic nitrogens is 1. The maximum absolute atomic E-state index is 5.91. The highest BCUT2D eigenvalue weighted by atomic mass is 35.5. The Morgan fingerprint density at radius 3 is 2.27 bits per heavy atom. The second-order valence-electron chi connectivity index (χ2n) is 7.15. The number of anilines is 3. The van der Waals surface area contributed by atoms with Gasteiger partial charge >= 0.3 is 0 Å². The number of hydrogen-bond acceptors (Lipinski definition) is 4. The predicted molar refractivity (Wildman–Crippen MR) is 130 cm³/mol. The van der Waals surface area contributed by atoms with Crippen LogP contribution in [0.5, 0.6) is 0 Å². The quantitative estimate of drug-likeness (QED) is 0.571. The Morgan fingerprint density at radius 2 is 1.60 bits per heavy atom. The summed E-state index contributed by atoms with van der Waals surface area (Å²) in [6.45, 7) is 4.53. The fourth-order valence-corrected chi connectivity index (χ4v) is 3.76. The third-order valence-corrected chi connectivity index (χ3v) is 5.60. The lowest BCUT2D eigenvalue weighted by atomic mass is 10.2. The first-order valence-electron chi connectivity index (χ1n) is 9.98. The molecule has 7 heteroatoms. The van der Waals surface area contributed by atoms with Crippen molar-refractivity contribution in [2.45, 2.75) is 6.54 Å². The lowest BCUT2D eigenvalue weighted by Gasteiger charge is -2.36. The third kappa shape index (κ3) is 5.40. The first-order chi connectivity index (χ1) is 14.7. The normalized spacial score (nSPS) is 13.8. The monoisotopic (exact) mass is 437 g/mol. The molecule has 1 aromatic heterocycles. The molecule has 1 aliphatic heterocycles. The van der Waals surface area contributed by atoms with Gasteiger partial charge in [0.25, 0.3) is 0 Å². The number of nitrogens with zero attached hydrogens (tertiary/aromatic N) is 3. The minimum absolute atomic E-state index is 0.566. The first-order valence-corrected chi connectivity index (χ1v) is 10.8. The number of pyridine rings is 1. The summed E-state index contributed by atoms with van der Waals surface area (Å²) in [6.07, 6.45) is 1.83. The van der Waals surface area contributed by atoms with Crippen molar-refractivity contribution >= 4 is 46.1 Å². The summed E-state index contributed by atoms with van der Waals surface area (Å²) in [6, 6.07) is 22.3. The van der Waals surface area contributed by atoms with Crippen molar-refractivity contribution in [3.8, 4) is 0 Å². The Kier molecular flexibility index (Phi) is 6.67. The lowest BCUT2D eigenvalue weighted by Crippen LogP contribution is -2.46. The van der Waals surface area contributed by atoms with E-state index in [1.165, 1.54) is 5.69 Å². The largest absolute Gasteiger partial charge is 0.368 e. The zero-order valence-corrected chi connectivity index (χ0v) is 18.2. The van der Waals surface area contributed by atoms with Crippen molar-refractivity contribution in [2.75, 3.05) is 41.3 Å². The summed E-state index contributed by atoms with van der Waals surface area (Å²) in [5.74, 6) is 0.994. The van der Waals surface area contributed by atoms with Gasteiger partial charge in [-0.25, -0.2) is 4.98 Å². The predicted octanol–water partition coefficient (Wildman–Crippen LogP) is 4.55. The van der Waals surface area contributed by atoms with Crippen LogP contribution in [0.4, 0.5) is 17.2 Å². The summed E-state index contributed by atoms with van der Waals surface area (Å²) < 4.78 is 0. The fourth-order valence-electron chi connectivity index (χ4n) is 3.44. The zero-order valence-electron chi connectivity index (χ0n) is 16.6. The van der Waals surface area contributed by atoms with Gasteiger partial charge in [0.05, 0.1) is 11.9 Å². The number of benzene rings is 2. The second-order valence-corrected chi connectivity index (χ2v) is 7.99. The SMILES string of the molecule is S=C(NCc1ccc(Cl)cc1)Nc1ccc(N2CCN(c3ccccc3)CC2)nc1. The van der Waals surface area contributed by atoms with E-state index >= 15 is 0 Å². The van der Waals surface area contributed by atoms with Crippen molar-refractivity contribution in [1.82, 2.24) is 10.3 Å². The molecule has 0 unspecified atom stereocenters. The van der Waals surface area contributed by atoms with Crippen LogP contribution in [0.15, 0.2) is 72.9 Å². The summed E-state index contributed by atoms with van der Waals surface area (Å²) >= 11 is 11.3. The topological polar surface area (TPSA) is 43.4 Å². The molecule has 30 heavy (non-hydrogen) atoms. The van der Waals surface area contributed by atoms with Gasteiger partial charge in [0, 0.05) is 43.4 Å². The van der Waals surface area contributed by atoms with Crippen LogP contribution in [0.1, 0.15) is 5.56 Å². The maximum Gasteiger partial charge on any atom is 0.171 e. The molecule has 3 aromatic rings. The Bertz CT molecular complexity index is 955. The molecule has 5 nitrogen and oxygen atoms in total. The molecule has 0 aliphatic carbocycles. The average molecular weight is 438 g/mol. The third-order valence-electron chi connectivity index (χ3n) is 5.10. The number of para-hydroxylation sites is 1. The van der Waals surface area contributed by atoms with Crippen LogP contribution in [0.25, 0.3) is 0 Å². The van der Waals surface area contributed by atoms with Crippen LogP contribution in [0.2, 0.25) is 5.02 Å². The summed E-state index contributed by atoms with van der Waals surface area (Å²) in [4.78, 5) is 9.36. The summed E-state index contributed by atoms with van der Waals surface area (Å²) in [5, 5.41) is 7.68. The van der Waals surface area contributed by atoms with Crippen LogP contribution < -0.4 is 20.4 Å². The number of nitrogens with one attached hydrogen (secondary N) is 2. The van der Waals surface area contributed by atoms with E-state index in [0.717, 1.165) is 48.3 Å². The highest BCUT2D eigenvalue weighted by Crippen LogP contribution is 2.20. The molecule has 2 N–H and O–H groups in total. The molecule has 0 radical (unpaired) electrons. The van der Waals surface area contributed by atoms with Crippen LogP contribution in [-0.4, -0.2) is 36.3 Å². The number of thiocarbonyl (C=S) groups is 1. The van der Waals surface area contributed by atoms with E-state index in [2.05, 4.69) is 55.7 Å². The zero-order chi connectivity index (χ0) is 20.8. The minimum atomic E-state index is 0.566. The first kappa shape index (κ1) is 20.4. The van der Waals surface area contributed by atoms with Crippen molar-refractivity contribution in [1.29, 1.82) is 0 Å². The highest BCUT2D eigenvalue weighted by molar-refractivity contribution is 7.80. The van der Waals surface area contributed by atoms with Crippen molar-refractivity contribution in [3.05, 3.63) is 83.5 Å². The molecule has 2 heterocycles. The van der Waals surface area contributed by atoms with E-state index in [1.54, 1.807) is 0 Å². The Morgan fingerprint density at radius 1 is 0.900 bits per heavy atom. The van der Waals surface area contributed by atoms with Gasteiger partial charge in [-0.2, -0.15) is 0 Å². The van der Waals surface area contributed by atoms with E-state index in [9.17, 15) is 0 Å². The molecule has 154 valence electrons. The smallest absolute Gasteiger partial charge is 0.171 e. The van der Waals surface area contributed by atoms with E-state index in [4.69, 9.17) is 23.8 Å². The van der Waals surface area contributed by atoms with Crippen LogP contribution >= 0.6 is 23.8 Å². The maximum atomic E-state index is 5.91. The Hall–Kier alpha value is -2.83. The molecular weight excluding hydrogens is 414 g/mol. The molecule has 1 aliphatic rings. The molecule has 2 aromatic carbocycles. The van der Waals surface area contributed by atoms with Gasteiger partial charge in [-0.3, -0.25) is 0 Å². The molecule has 4 rings (SSSR count). The standard InChI is InChI=1S/C23H24ClN5S/c24-19-8-6-18(7-9-19)16-26-23(30)27-20-10-11-22(25-17-20)29-14-12-28(13-15-29)21-4-2-1-3-5-21/h1-11,17H,12-16H2,(H2,26,27,30). The van der Waals surface area contributed by atoms with Gasteiger partial charge in [0.1, 0.15) is 5.82 Å². The highest BCUT2D eigenvalue weighted by Gasteiger charge is 2.18. The van der Waals surface area contributed by atoms with Crippen LogP contribution in [0.3, 0.4) is 0 Å². The molecule has 0 spiro atoms. The van der Waals surface area contributed by atoms with E-state index in [0.29, 0.717) is 11.7 Å². The minimum Gasteiger partial charge on any atom is -0.368 e. The molecule has 0 bridgehead atoms. The van der Waals surface area contributed by atoms with E-state index in [1.807, 2.05) is 42.6 Å². The number of halogens is 1. The molecule has 0 saturated carbocycles. The molecular formula is C23H24ClN5S. The van der Waals surface area contributed by atoms with Gasteiger partial charge < -0.3 is 20.4 Å². The van der Waals surface area contributed by atoms with Crippen molar-refractivity contribution < 1.29 is 0 Å². The van der Waals surface area contributed by atoms with Gasteiger partial charge in [0.15, 0.2) is 5.11 Å². The molecule has 0 amide bonds. The Labute approximate surface area is 187 Å². The van der Waals surface area contributed by atoms with Crippen molar-refractivity contribution in [2.24, 2.45) is 0 Å². The number of piperazine rings is 1. The van der Waals surface area contributed by atoms with Crippen molar-refractivity contribution in [3.63, 3.8) is 0 Å². The Balaban J connectivity index is 1.26. The van der Waals surface area contributed by atoms with Gasteiger partial charge in [-0.1, -0.05) is 41.9 Å². The van der Waals surface area contributed by atoms with E-state index in [-0.39, 0.29) is 0 Å². The van der Waals surface area contributed by atoms with Crippen LogP contribution in [0, 0.1) is 0 Å². The number of hydrogen-bond donors (Lipinski definition) is 2. The summed E-state index contributed by atoms with van der Waals surface area (Å²) in [7, 11) is 0. The number of rotatable bonds is 5. The molecule has 1 saturated heterocycles. The second kappa shape index (κ2) is 9.78. The lowest BCUT2D eigenvalue weighted by molar-refractivity contribution is 0.647. The average Bonchev–Trinajstić information content (AvgIpc) is 2.80. The van der Waals surface area contributed by atoms with Gasteiger partial charge in [-0.15, -0.1) is 0 Å².